The smallest absolute Gasteiger partial charge is 0.434 e. The molecule has 0 rings (SSSR count). The molecule has 5 heteroatoms. The first-order valence-corrected chi connectivity index (χ1v) is 9.22. The molecule has 0 aliphatic carbocycles. The lowest BCUT2D eigenvalue weighted by atomic mass is 10.1. The summed E-state index contributed by atoms with van der Waals surface area (Å²) in [5.74, 6) is 0. The van der Waals surface area contributed by atoms with E-state index in [1.807, 2.05) is 0 Å². The van der Waals surface area contributed by atoms with Crippen molar-refractivity contribution in [2.24, 2.45) is 0 Å². The first-order valence-electron chi connectivity index (χ1n) is 9.22. The van der Waals surface area contributed by atoms with Gasteiger partial charge in [0.15, 0.2) is 0 Å². The summed E-state index contributed by atoms with van der Waals surface area (Å²) in [4.78, 5) is 22.5. The van der Waals surface area contributed by atoms with Gasteiger partial charge in [0.05, 0.1) is 13.2 Å². The zero-order chi connectivity index (χ0) is 17.2. The van der Waals surface area contributed by atoms with Crippen LogP contribution in [0.1, 0.15) is 90.9 Å². The summed E-state index contributed by atoms with van der Waals surface area (Å²) in [7, 11) is 0. The molecule has 0 saturated carbocycles. The van der Waals surface area contributed by atoms with Crippen molar-refractivity contribution >= 4 is 12.3 Å². The molecule has 0 aromatic carbocycles. The maximum Gasteiger partial charge on any atom is 0.518 e. The third-order valence-electron chi connectivity index (χ3n) is 3.60. The van der Waals surface area contributed by atoms with E-state index in [9.17, 15) is 9.59 Å². The van der Waals surface area contributed by atoms with Gasteiger partial charge in [-0.15, -0.1) is 0 Å². The quantitative estimate of drug-likeness (QED) is 0.222. The molecular formula is C18H34O5. The predicted octanol–water partition coefficient (Wildman–Crippen LogP) is 6.00. The second kappa shape index (κ2) is 17.1. The van der Waals surface area contributed by atoms with E-state index in [1.165, 1.54) is 38.5 Å². The highest BCUT2D eigenvalue weighted by Crippen LogP contribution is 2.06. The SMILES string of the molecule is CCCCCCCCOC(=O)OC(=O)OCCCCCCCC. The van der Waals surface area contributed by atoms with Crippen molar-refractivity contribution in [1.82, 2.24) is 0 Å². The van der Waals surface area contributed by atoms with E-state index < -0.39 is 12.3 Å². The number of unbranched alkanes of at least 4 members (excludes halogenated alkanes) is 10. The Morgan fingerprint density at radius 1 is 0.565 bits per heavy atom. The summed E-state index contributed by atoms with van der Waals surface area (Å²) in [6.45, 7) is 4.92. The number of carbonyl (C=O) groups excluding carboxylic acids is 2. The second-order valence-corrected chi connectivity index (χ2v) is 5.83. The Morgan fingerprint density at radius 2 is 0.913 bits per heavy atom. The normalized spacial score (nSPS) is 10.3. The van der Waals surface area contributed by atoms with Gasteiger partial charge in [-0.25, -0.2) is 9.59 Å². The molecule has 0 radical (unpaired) electrons. The Kier molecular flexibility index (Phi) is 16.2. The highest BCUT2D eigenvalue weighted by molar-refractivity contribution is 5.76. The molecule has 0 bridgehead atoms. The summed E-state index contributed by atoms with van der Waals surface area (Å²) in [6, 6.07) is 0. The van der Waals surface area contributed by atoms with Crippen molar-refractivity contribution in [2.45, 2.75) is 90.9 Å². The lowest BCUT2D eigenvalue weighted by molar-refractivity contribution is 0.0353. The Balaban J connectivity index is 3.36. The predicted molar refractivity (Wildman–Crippen MR) is 90.5 cm³/mol. The summed E-state index contributed by atoms with van der Waals surface area (Å²) in [6.07, 6.45) is 11.3. The summed E-state index contributed by atoms with van der Waals surface area (Å²) in [5, 5.41) is 0. The molecule has 0 N–H and O–H groups in total. The van der Waals surface area contributed by atoms with Gasteiger partial charge in [0.1, 0.15) is 0 Å². The van der Waals surface area contributed by atoms with Gasteiger partial charge in [-0.05, 0) is 12.8 Å². The van der Waals surface area contributed by atoms with E-state index >= 15 is 0 Å². The van der Waals surface area contributed by atoms with Gasteiger partial charge < -0.3 is 14.2 Å². The number of hydrogen-bond donors (Lipinski definition) is 0. The fourth-order valence-electron chi connectivity index (χ4n) is 2.20. The highest BCUT2D eigenvalue weighted by atomic mass is 16.8. The van der Waals surface area contributed by atoms with Crippen LogP contribution in [0.5, 0.6) is 0 Å². The topological polar surface area (TPSA) is 61.8 Å². The largest absolute Gasteiger partial charge is 0.518 e. The maximum absolute atomic E-state index is 11.3. The van der Waals surface area contributed by atoms with Crippen LogP contribution in [-0.4, -0.2) is 25.5 Å². The second-order valence-electron chi connectivity index (χ2n) is 5.83. The zero-order valence-corrected chi connectivity index (χ0v) is 14.9. The molecule has 23 heavy (non-hydrogen) atoms. The molecule has 0 fully saturated rings. The molecular weight excluding hydrogens is 296 g/mol. The maximum atomic E-state index is 11.3. The Hall–Kier alpha value is -1.26. The Bertz CT molecular complexity index is 263. The molecule has 0 atom stereocenters. The van der Waals surface area contributed by atoms with Gasteiger partial charge in [-0.3, -0.25) is 0 Å². The minimum absolute atomic E-state index is 0.287. The summed E-state index contributed by atoms with van der Waals surface area (Å²) in [5.41, 5.74) is 0. The molecule has 5 nitrogen and oxygen atoms in total. The molecule has 0 aliphatic heterocycles. The van der Waals surface area contributed by atoms with Crippen LogP contribution in [0.2, 0.25) is 0 Å². The van der Waals surface area contributed by atoms with Gasteiger partial charge in [-0.1, -0.05) is 78.1 Å². The van der Waals surface area contributed by atoms with Gasteiger partial charge in [0.25, 0.3) is 0 Å². The van der Waals surface area contributed by atoms with Crippen molar-refractivity contribution in [3.05, 3.63) is 0 Å². The molecule has 136 valence electrons. The minimum Gasteiger partial charge on any atom is -0.434 e. The number of carbonyl (C=O) groups is 2. The molecule has 0 aromatic heterocycles. The third-order valence-corrected chi connectivity index (χ3v) is 3.60. The average Bonchev–Trinajstić information content (AvgIpc) is 2.53. The van der Waals surface area contributed by atoms with Crippen molar-refractivity contribution in [3.63, 3.8) is 0 Å². The van der Waals surface area contributed by atoms with E-state index in [0.29, 0.717) is 0 Å². The van der Waals surface area contributed by atoms with E-state index in [1.54, 1.807) is 0 Å². The van der Waals surface area contributed by atoms with E-state index in [2.05, 4.69) is 18.6 Å². The van der Waals surface area contributed by atoms with Crippen molar-refractivity contribution in [2.75, 3.05) is 13.2 Å². The highest BCUT2D eigenvalue weighted by Gasteiger charge is 2.12. The Labute approximate surface area is 141 Å². The molecule has 0 aromatic rings. The number of hydrogen-bond acceptors (Lipinski definition) is 5. The van der Waals surface area contributed by atoms with Crippen LogP contribution in [0.25, 0.3) is 0 Å². The zero-order valence-electron chi connectivity index (χ0n) is 14.9. The van der Waals surface area contributed by atoms with Gasteiger partial charge >= 0.3 is 12.3 Å². The van der Waals surface area contributed by atoms with Gasteiger partial charge in [0.2, 0.25) is 0 Å². The summed E-state index contributed by atoms with van der Waals surface area (Å²) >= 11 is 0. The molecule has 0 aliphatic rings. The van der Waals surface area contributed by atoms with Gasteiger partial charge in [0, 0.05) is 0 Å². The van der Waals surface area contributed by atoms with E-state index in [-0.39, 0.29) is 13.2 Å². The van der Waals surface area contributed by atoms with Crippen molar-refractivity contribution in [1.29, 1.82) is 0 Å². The molecule has 0 unspecified atom stereocenters. The van der Waals surface area contributed by atoms with Crippen LogP contribution in [0.15, 0.2) is 0 Å². The van der Waals surface area contributed by atoms with Crippen LogP contribution in [0.4, 0.5) is 9.59 Å². The minimum atomic E-state index is -0.966. The fraction of sp³-hybridized carbons (Fsp3) is 0.889. The fourth-order valence-corrected chi connectivity index (χ4v) is 2.20. The van der Waals surface area contributed by atoms with E-state index in [0.717, 1.165) is 38.5 Å². The molecule has 0 spiro atoms. The van der Waals surface area contributed by atoms with Crippen LogP contribution in [-0.2, 0) is 14.2 Å². The number of ether oxygens (including phenoxy) is 3. The average molecular weight is 330 g/mol. The molecule has 0 heterocycles. The van der Waals surface area contributed by atoms with Crippen molar-refractivity contribution in [3.8, 4) is 0 Å². The van der Waals surface area contributed by atoms with E-state index in [4.69, 9.17) is 9.47 Å². The Morgan fingerprint density at radius 3 is 1.30 bits per heavy atom. The van der Waals surface area contributed by atoms with Crippen LogP contribution >= 0.6 is 0 Å². The lowest BCUT2D eigenvalue weighted by Gasteiger charge is -2.06. The monoisotopic (exact) mass is 330 g/mol. The first-order chi connectivity index (χ1) is 11.2. The van der Waals surface area contributed by atoms with Crippen LogP contribution in [0, 0.1) is 0 Å². The first kappa shape index (κ1) is 21.7. The van der Waals surface area contributed by atoms with Crippen molar-refractivity contribution < 1.29 is 23.8 Å². The molecule has 0 saturated heterocycles. The van der Waals surface area contributed by atoms with Gasteiger partial charge in [-0.2, -0.15) is 0 Å². The van der Waals surface area contributed by atoms with Crippen LogP contribution < -0.4 is 0 Å². The molecule has 0 amide bonds. The standard InChI is InChI=1S/C18H34O5/c1-3-5-7-9-11-13-15-21-17(19)23-18(20)22-16-14-12-10-8-6-4-2/h3-16H2,1-2H3. The number of rotatable bonds is 14. The summed E-state index contributed by atoms with van der Waals surface area (Å²) < 4.78 is 14.1. The lowest BCUT2D eigenvalue weighted by Crippen LogP contribution is -2.16. The van der Waals surface area contributed by atoms with Crippen LogP contribution in [0.3, 0.4) is 0 Å². The third kappa shape index (κ3) is 16.9.